The summed E-state index contributed by atoms with van der Waals surface area (Å²) >= 11 is 0. The smallest absolute Gasteiger partial charge is 0.344 e. The van der Waals surface area contributed by atoms with Crippen LogP contribution < -0.4 is 5.63 Å². The van der Waals surface area contributed by atoms with E-state index in [0.29, 0.717) is 11.0 Å². The zero-order valence-corrected chi connectivity index (χ0v) is 9.19. The van der Waals surface area contributed by atoms with Crippen LogP contribution in [0.1, 0.15) is 12.0 Å². The summed E-state index contributed by atoms with van der Waals surface area (Å²) in [5.74, 6) is 0. The minimum absolute atomic E-state index is 0.176. The predicted molar refractivity (Wildman–Crippen MR) is 64.9 cm³/mol. The SMILES string of the molecule is O=c1oc2ccccc2c2ccc(C(F)F)cc12. The van der Waals surface area contributed by atoms with Crippen molar-refractivity contribution in [2.75, 3.05) is 0 Å². The molecule has 18 heavy (non-hydrogen) atoms. The molecule has 90 valence electrons. The Labute approximate surface area is 100 Å². The number of para-hydroxylation sites is 1. The first kappa shape index (κ1) is 10.9. The van der Waals surface area contributed by atoms with Crippen molar-refractivity contribution in [3.05, 3.63) is 58.4 Å². The normalized spacial score (nSPS) is 11.5. The van der Waals surface area contributed by atoms with Crippen LogP contribution in [0.15, 0.2) is 51.7 Å². The molecule has 0 spiro atoms. The fraction of sp³-hybridized carbons (Fsp3) is 0.0714. The van der Waals surface area contributed by atoms with Gasteiger partial charge in [-0.15, -0.1) is 0 Å². The van der Waals surface area contributed by atoms with Gasteiger partial charge < -0.3 is 4.42 Å². The lowest BCUT2D eigenvalue weighted by atomic mass is 10.1. The monoisotopic (exact) mass is 246 g/mol. The van der Waals surface area contributed by atoms with Crippen LogP contribution in [0, 0.1) is 0 Å². The molecule has 0 unspecified atom stereocenters. The van der Waals surface area contributed by atoms with Crippen LogP contribution >= 0.6 is 0 Å². The van der Waals surface area contributed by atoms with Gasteiger partial charge in [0, 0.05) is 10.9 Å². The first-order chi connectivity index (χ1) is 8.66. The molecule has 0 aliphatic rings. The fourth-order valence-electron chi connectivity index (χ4n) is 2.03. The molecule has 2 aromatic carbocycles. The van der Waals surface area contributed by atoms with Gasteiger partial charge in [0.05, 0.1) is 5.39 Å². The highest BCUT2D eigenvalue weighted by Crippen LogP contribution is 2.26. The highest BCUT2D eigenvalue weighted by Gasteiger charge is 2.11. The summed E-state index contributed by atoms with van der Waals surface area (Å²) in [6.45, 7) is 0. The van der Waals surface area contributed by atoms with Crippen LogP contribution in [0.5, 0.6) is 0 Å². The van der Waals surface area contributed by atoms with Crippen molar-refractivity contribution in [2.24, 2.45) is 0 Å². The molecular formula is C14H8F2O2. The van der Waals surface area contributed by atoms with Crippen LogP contribution in [0.3, 0.4) is 0 Å². The van der Waals surface area contributed by atoms with Gasteiger partial charge in [0.2, 0.25) is 0 Å². The van der Waals surface area contributed by atoms with E-state index >= 15 is 0 Å². The van der Waals surface area contributed by atoms with E-state index in [4.69, 9.17) is 4.42 Å². The molecule has 0 aliphatic carbocycles. The average molecular weight is 246 g/mol. The van der Waals surface area contributed by atoms with Crippen LogP contribution in [-0.4, -0.2) is 0 Å². The Balaban J connectivity index is 2.48. The summed E-state index contributed by atoms with van der Waals surface area (Å²) in [6.07, 6.45) is -2.60. The summed E-state index contributed by atoms with van der Waals surface area (Å²) in [5, 5.41) is 1.56. The standard InChI is InChI=1S/C14H8F2O2/c15-13(16)8-5-6-9-10-3-1-2-4-12(10)18-14(17)11(9)7-8/h1-7,13H. The molecule has 1 heterocycles. The molecule has 4 heteroatoms. The average Bonchev–Trinajstić information content (AvgIpc) is 2.38. The molecule has 0 amide bonds. The fourth-order valence-corrected chi connectivity index (χ4v) is 2.03. The van der Waals surface area contributed by atoms with Gasteiger partial charge in [0.1, 0.15) is 5.58 Å². The molecule has 0 aliphatic heterocycles. The van der Waals surface area contributed by atoms with Crippen molar-refractivity contribution < 1.29 is 13.2 Å². The van der Waals surface area contributed by atoms with E-state index in [-0.39, 0.29) is 10.9 Å². The molecule has 0 atom stereocenters. The maximum atomic E-state index is 12.6. The van der Waals surface area contributed by atoms with Crippen molar-refractivity contribution in [3.63, 3.8) is 0 Å². The molecule has 3 rings (SSSR count). The summed E-state index contributed by atoms with van der Waals surface area (Å²) < 4.78 is 30.3. The summed E-state index contributed by atoms with van der Waals surface area (Å²) in [4.78, 5) is 11.8. The first-order valence-corrected chi connectivity index (χ1v) is 5.40. The van der Waals surface area contributed by atoms with E-state index in [1.165, 1.54) is 18.2 Å². The zero-order chi connectivity index (χ0) is 12.7. The highest BCUT2D eigenvalue weighted by molar-refractivity contribution is 6.04. The van der Waals surface area contributed by atoms with E-state index in [9.17, 15) is 13.6 Å². The lowest BCUT2D eigenvalue weighted by Crippen LogP contribution is -2.00. The van der Waals surface area contributed by atoms with Gasteiger partial charge >= 0.3 is 5.63 Å². The van der Waals surface area contributed by atoms with Gasteiger partial charge in [-0.25, -0.2) is 13.6 Å². The van der Waals surface area contributed by atoms with E-state index in [1.54, 1.807) is 18.2 Å². The Morgan fingerprint density at radius 1 is 0.944 bits per heavy atom. The third-order valence-corrected chi connectivity index (χ3v) is 2.90. The molecule has 3 aromatic rings. The van der Waals surface area contributed by atoms with Gasteiger partial charge in [-0.2, -0.15) is 0 Å². The van der Waals surface area contributed by atoms with Crippen LogP contribution in [0.2, 0.25) is 0 Å². The minimum Gasteiger partial charge on any atom is -0.422 e. The second kappa shape index (κ2) is 3.91. The van der Waals surface area contributed by atoms with E-state index in [0.717, 1.165) is 5.39 Å². The number of hydrogen-bond donors (Lipinski definition) is 0. The molecule has 0 saturated carbocycles. The summed E-state index contributed by atoms with van der Waals surface area (Å²) in [6, 6.07) is 11.1. The molecule has 2 nitrogen and oxygen atoms in total. The maximum Gasteiger partial charge on any atom is 0.344 e. The van der Waals surface area contributed by atoms with E-state index in [2.05, 4.69) is 0 Å². The van der Waals surface area contributed by atoms with Crippen molar-refractivity contribution in [1.82, 2.24) is 0 Å². The van der Waals surface area contributed by atoms with E-state index < -0.39 is 12.1 Å². The number of hydrogen-bond acceptors (Lipinski definition) is 2. The van der Waals surface area contributed by atoms with Crippen LogP contribution in [-0.2, 0) is 0 Å². The van der Waals surface area contributed by atoms with Gasteiger partial charge in [-0.05, 0) is 17.5 Å². The summed E-state index contributed by atoms with van der Waals surface area (Å²) in [7, 11) is 0. The van der Waals surface area contributed by atoms with Crippen LogP contribution in [0.25, 0.3) is 21.7 Å². The molecule has 0 saturated heterocycles. The lowest BCUT2D eigenvalue weighted by Gasteiger charge is -2.04. The quantitative estimate of drug-likeness (QED) is 0.481. The summed E-state index contributed by atoms with van der Waals surface area (Å²) in [5.41, 5.74) is -0.309. The topological polar surface area (TPSA) is 30.2 Å². The number of halogens is 2. The minimum atomic E-state index is -2.60. The zero-order valence-electron chi connectivity index (χ0n) is 9.19. The van der Waals surface area contributed by atoms with Crippen molar-refractivity contribution >= 4 is 21.7 Å². The number of benzene rings is 2. The largest absolute Gasteiger partial charge is 0.422 e. The molecule has 0 radical (unpaired) electrons. The second-order valence-electron chi connectivity index (χ2n) is 3.99. The highest BCUT2D eigenvalue weighted by atomic mass is 19.3. The maximum absolute atomic E-state index is 12.6. The molecule has 0 N–H and O–H groups in total. The van der Waals surface area contributed by atoms with Crippen LogP contribution in [0.4, 0.5) is 8.78 Å². The number of alkyl halides is 2. The molecule has 0 bridgehead atoms. The Hall–Kier alpha value is -2.23. The van der Waals surface area contributed by atoms with Gasteiger partial charge in [-0.1, -0.05) is 30.3 Å². The van der Waals surface area contributed by atoms with Gasteiger partial charge in [0.25, 0.3) is 6.43 Å². The third kappa shape index (κ3) is 1.57. The van der Waals surface area contributed by atoms with Gasteiger partial charge in [0.15, 0.2) is 0 Å². The molecule has 0 fully saturated rings. The Bertz CT molecular complexity index is 791. The van der Waals surface area contributed by atoms with Crippen molar-refractivity contribution in [3.8, 4) is 0 Å². The molecular weight excluding hydrogens is 238 g/mol. The number of rotatable bonds is 1. The first-order valence-electron chi connectivity index (χ1n) is 5.40. The number of fused-ring (bicyclic) bond motifs is 3. The second-order valence-corrected chi connectivity index (χ2v) is 3.99. The lowest BCUT2D eigenvalue weighted by molar-refractivity contribution is 0.151. The predicted octanol–water partition coefficient (Wildman–Crippen LogP) is 3.88. The Morgan fingerprint density at radius 3 is 2.50 bits per heavy atom. The third-order valence-electron chi connectivity index (χ3n) is 2.90. The molecule has 1 aromatic heterocycles. The van der Waals surface area contributed by atoms with Gasteiger partial charge in [-0.3, -0.25) is 0 Å². The van der Waals surface area contributed by atoms with Crippen molar-refractivity contribution in [2.45, 2.75) is 6.43 Å². The Morgan fingerprint density at radius 2 is 1.72 bits per heavy atom. The van der Waals surface area contributed by atoms with E-state index in [1.807, 2.05) is 6.07 Å². The van der Waals surface area contributed by atoms with Crippen molar-refractivity contribution in [1.29, 1.82) is 0 Å². The Kier molecular flexibility index (Phi) is 2.37.